The molecule has 2 aliphatic rings. The molecule has 0 aliphatic carbocycles. The van der Waals surface area contributed by atoms with Crippen LogP contribution in [0, 0.1) is 0 Å². The lowest BCUT2D eigenvalue weighted by atomic mass is 10.1. The van der Waals surface area contributed by atoms with E-state index >= 15 is 0 Å². The Hall–Kier alpha value is -2.77. The lowest BCUT2D eigenvalue weighted by molar-refractivity contribution is -0.133. The number of nitrogens with one attached hydrogen (secondary N) is 3. The Balaban J connectivity index is 1.50. The molecular formula is C19H25N5O3. The molecule has 2 aliphatic heterocycles. The number of piperidine rings is 1. The van der Waals surface area contributed by atoms with Crippen LogP contribution in [0.15, 0.2) is 16.9 Å². The van der Waals surface area contributed by atoms with E-state index in [4.69, 9.17) is 0 Å². The number of rotatable bonds is 5. The lowest BCUT2D eigenvalue weighted by Crippen LogP contribution is -2.37. The van der Waals surface area contributed by atoms with Crippen molar-refractivity contribution < 1.29 is 9.59 Å². The van der Waals surface area contributed by atoms with Gasteiger partial charge in [-0.25, -0.2) is 4.79 Å². The Morgan fingerprint density at radius 2 is 1.70 bits per heavy atom. The zero-order valence-electron chi connectivity index (χ0n) is 15.3. The van der Waals surface area contributed by atoms with Crippen LogP contribution >= 0.6 is 0 Å². The number of carbonyl (C=O) groups excluding carboxylic acids is 2. The molecule has 0 radical (unpaired) electrons. The van der Waals surface area contributed by atoms with Gasteiger partial charge in [0.2, 0.25) is 11.8 Å². The van der Waals surface area contributed by atoms with E-state index in [1.807, 2.05) is 12.1 Å². The second-order valence-corrected chi connectivity index (χ2v) is 7.32. The fraction of sp³-hybridized carbons (Fsp3) is 0.526. The van der Waals surface area contributed by atoms with E-state index in [2.05, 4.69) is 20.2 Å². The Kier molecular flexibility index (Phi) is 4.87. The van der Waals surface area contributed by atoms with Crippen LogP contribution in [0.2, 0.25) is 0 Å². The molecule has 3 N–H and O–H groups in total. The smallest absolute Gasteiger partial charge is 0.323 e. The monoisotopic (exact) mass is 371 g/mol. The zero-order valence-corrected chi connectivity index (χ0v) is 15.3. The van der Waals surface area contributed by atoms with Gasteiger partial charge in [-0.05, 0) is 37.8 Å². The van der Waals surface area contributed by atoms with Crippen LogP contribution in [0.25, 0.3) is 11.0 Å². The van der Waals surface area contributed by atoms with Crippen molar-refractivity contribution in [3.63, 3.8) is 0 Å². The van der Waals surface area contributed by atoms with Crippen LogP contribution in [0.5, 0.6) is 0 Å². The third-order valence-corrected chi connectivity index (χ3v) is 5.38. The summed E-state index contributed by atoms with van der Waals surface area (Å²) in [5.41, 5.74) is 2.78. The van der Waals surface area contributed by atoms with Crippen molar-refractivity contribution >= 4 is 34.2 Å². The summed E-state index contributed by atoms with van der Waals surface area (Å²) in [6, 6.07) is 3.73. The first-order chi connectivity index (χ1) is 13.1. The first-order valence-corrected chi connectivity index (χ1v) is 9.69. The SMILES string of the molecule is O=C(CCN1CCCCC1=O)Nc1cc2[nH]c(=O)[nH]c2cc1N1CCCC1. The summed E-state index contributed by atoms with van der Waals surface area (Å²) in [5.74, 6) is 0.0178. The van der Waals surface area contributed by atoms with Crippen molar-refractivity contribution in [2.75, 3.05) is 36.4 Å². The highest BCUT2D eigenvalue weighted by molar-refractivity contribution is 5.98. The van der Waals surface area contributed by atoms with Gasteiger partial charge in [-0.15, -0.1) is 0 Å². The Labute approximate surface area is 156 Å². The van der Waals surface area contributed by atoms with E-state index in [0.29, 0.717) is 24.2 Å². The maximum atomic E-state index is 12.5. The minimum absolute atomic E-state index is 0.119. The van der Waals surface area contributed by atoms with Gasteiger partial charge in [0.15, 0.2) is 0 Å². The fourth-order valence-corrected chi connectivity index (χ4v) is 3.94. The fourth-order valence-electron chi connectivity index (χ4n) is 3.94. The minimum Gasteiger partial charge on any atom is -0.370 e. The summed E-state index contributed by atoms with van der Waals surface area (Å²) >= 11 is 0. The summed E-state index contributed by atoms with van der Waals surface area (Å²) in [7, 11) is 0. The maximum Gasteiger partial charge on any atom is 0.323 e. The standard InChI is InChI=1S/C19H25N5O3/c25-17(6-10-24-9-2-1-5-18(24)26)20-15-11-13-14(22-19(27)21-13)12-16(15)23-7-3-4-8-23/h11-12H,1-10H2,(H,20,25)(H2,21,22,27). The molecule has 0 atom stereocenters. The third kappa shape index (κ3) is 3.84. The molecule has 2 saturated heterocycles. The lowest BCUT2D eigenvalue weighted by Gasteiger charge is -2.26. The molecule has 8 heteroatoms. The highest BCUT2D eigenvalue weighted by Crippen LogP contribution is 2.32. The van der Waals surface area contributed by atoms with E-state index in [0.717, 1.165) is 56.5 Å². The molecule has 0 unspecified atom stereocenters. The van der Waals surface area contributed by atoms with Gasteiger partial charge in [0.25, 0.3) is 0 Å². The van der Waals surface area contributed by atoms with Gasteiger partial charge in [0.1, 0.15) is 0 Å². The van der Waals surface area contributed by atoms with Crippen molar-refractivity contribution in [3.8, 4) is 0 Å². The Morgan fingerprint density at radius 3 is 2.44 bits per heavy atom. The number of anilines is 2. The molecule has 2 fully saturated rings. The largest absolute Gasteiger partial charge is 0.370 e. The number of H-pyrrole nitrogens is 2. The molecule has 144 valence electrons. The molecule has 0 spiro atoms. The summed E-state index contributed by atoms with van der Waals surface area (Å²) in [5, 5.41) is 2.99. The quantitative estimate of drug-likeness (QED) is 0.746. The van der Waals surface area contributed by atoms with Gasteiger partial charge in [-0.2, -0.15) is 0 Å². The molecule has 8 nitrogen and oxygen atoms in total. The number of fused-ring (bicyclic) bond motifs is 1. The van der Waals surface area contributed by atoms with Gasteiger partial charge >= 0.3 is 5.69 Å². The molecule has 3 heterocycles. The van der Waals surface area contributed by atoms with E-state index in [1.165, 1.54) is 0 Å². The number of amides is 2. The number of carbonyl (C=O) groups is 2. The summed E-state index contributed by atoms with van der Waals surface area (Å²) in [4.78, 5) is 45.6. The van der Waals surface area contributed by atoms with E-state index < -0.39 is 0 Å². The Bertz CT molecular complexity index is 910. The third-order valence-electron chi connectivity index (χ3n) is 5.38. The van der Waals surface area contributed by atoms with Gasteiger partial charge < -0.3 is 25.1 Å². The predicted molar refractivity (Wildman–Crippen MR) is 104 cm³/mol. The van der Waals surface area contributed by atoms with E-state index in [-0.39, 0.29) is 23.9 Å². The first kappa shape index (κ1) is 17.6. The molecule has 2 amide bonds. The molecule has 0 saturated carbocycles. The summed E-state index contributed by atoms with van der Waals surface area (Å²) in [6.45, 7) is 3.06. The Morgan fingerprint density at radius 1 is 1.00 bits per heavy atom. The highest BCUT2D eigenvalue weighted by Gasteiger charge is 2.21. The zero-order chi connectivity index (χ0) is 18.8. The number of likely N-dealkylation sites (tertiary alicyclic amines) is 1. The number of nitrogens with zero attached hydrogens (tertiary/aromatic N) is 2. The van der Waals surface area contributed by atoms with Crippen molar-refractivity contribution in [1.29, 1.82) is 0 Å². The minimum atomic E-state index is -0.260. The number of hydrogen-bond acceptors (Lipinski definition) is 4. The van der Waals surface area contributed by atoms with Crippen LogP contribution in [0.1, 0.15) is 38.5 Å². The summed E-state index contributed by atoms with van der Waals surface area (Å²) < 4.78 is 0. The topological polar surface area (TPSA) is 101 Å². The molecule has 4 rings (SSSR count). The normalized spacial score (nSPS) is 17.7. The van der Waals surface area contributed by atoms with E-state index in [1.54, 1.807) is 4.90 Å². The van der Waals surface area contributed by atoms with Crippen LogP contribution in [0.4, 0.5) is 11.4 Å². The van der Waals surface area contributed by atoms with Gasteiger partial charge in [0.05, 0.1) is 22.4 Å². The van der Waals surface area contributed by atoms with Crippen LogP contribution in [-0.2, 0) is 9.59 Å². The average Bonchev–Trinajstić information content (AvgIpc) is 3.29. The van der Waals surface area contributed by atoms with E-state index in [9.17, 15) is 14.4 Å². The van der Waals surface area contributed by atoms with Gasteiger partial charge in [0, 0.05) is 39.0 Å². The second kappa shape index (κ2) is 7.46. The van der Waals surface area contributed by atoms with Crippen LogP contribution < -0.4 is 15.9 Å². The molecule has 0 bridgehead atoms. The summed E-state index contributed by atoms with van der Waals surface area (Å²) in [6.07, 6.45) is 5.03. The number of aromatic nitrogens is 2. The van der Waals surface area contributed by atoms with Crippen molar-refractivity contribution in [2.24, 2.45) is 0 Å². The first-order valence-electron chi connectivity index (χ1n) is 9.69. The maximum absolute atomic E-state index is 12.5. The number of benzene rings is 1. The number of hydrogen-bond donors (Lipinski definition) is 3. The van der Waals surface area contributed by atoms with Crippen LogP contribution in [0.3, 0.4) is 0 Å². The van der Waals surface area contributed by atoms with Crippen molar-refractivity contribution in [3.05, 3.63) is 22.6 Å². The molecule has 2 aromatic rings. The second-order valence-electron chi connectivity index (χ2n) is 7.32. The number of aromatic amines is 2. The van der Waals surface area contributed by atoms with Crippen molar-refractivity contribution in [1.82, 2.24) is 14.9 Å². The van der Waals surface area contributed by atoms with Gasteiger partial charge in [-0.1, -0.05) is 0 Å². The van der Waals surface area contributed by atoms with Crippen LogP contribution in [-0.4, -0.2) is 52.9 Å². The highest BCUT2D eigenvalue weighted by atomic mass is 16.2. The average molecular weight is 371 g/mol. The number of imidazole rings is 1. The molecule has 1 aromatic heterocycles. The molecular weight excluding hydrogens is 346 g/mol. The predicted octanol–water partition coefficient (Wildman–Crippen LogP) is 1.80. The van der Waals surface area contributed by atoms with Crippen molar-refractivity contribution in [2.45, 2.75) is 38.5 Å². The van der Waals surface area contributed by atoms with Gasteiger partial charge in [-0.3, -0.25) is 9.59 Å². The molecule has 27 heavy (non-hydrogen) atoms. The molecule has 1 aromatic carbocycles.